The second-order valence-corrected chi connectivity index (χ2v) is 11.1. The Kier molecular flexibility index (Phi) is 6.53. The zero-order valence-electron chi connectivity index (χ0n) is 21.2. The van der Waals surface area contributed by atoms with Crippen molar-refractivity contribution >= 4 is 16.6 Å². The summed E-state index contributed by atoms with van der Waals surface area (Å²) in [6.45, 7) is 2.89. The summed E-state index contributed by atoms with van der Waals surface area (Å²) in [4.78, 5) is 16.2. The van der Waals surface area contributed by atoms with Crippen LogP contribution in [0, 0.1) is 23.7 Å². The Bertz CT molecular complexity index is 1220. The standard InChI is InChI=1S/C31H35NO4/c1-19(33)24-5-6-29(32-17-24)23-4-3-22-16-30(36-18-35-8-7-34-2)28(15-25(22)14-23)31-26-10-20-9-21(12-26)13-27(31)11-20/h3-6,14-17,20-21,26-27,31H,7-13,18H2,1-2H3. The summed E-state index contributed by atoms with van der Waals surface area (Å²) in [5.41, 5.74) is 3.93. The molecule has 0 unspecified atom stereocenters. The third-order valence-corrected chi connectivity index (χ3v) is 8.75. The van der Waals surface area contributed by atoms with Crippen molar-refractivity contribution in [1.29, 1.82) is 0 Å². The molecule has 5 heteroatoms. The van der Waals surface area contributed by atoms with E-state index in [-0.39, 0.29) is 12.6 Å². The zero-order valence-corrected chi connectivity index (χ0v) is 21.2. The van der Waals surface area contributed by atoms with Crippen LogP contribution < -0.4 is 4.74 Å². The molecular weight excluding hydrogens is 450 g/mol. The molecule has 4 saturated carbocycles. The van der Waals surface area contributed by atoms with Crippen molar-refractivity contribution in [2.45, 2.75) is 44.9 Å². The fourth-order valence-corrected chi connectivity index (χ4v) is 7.35. The number of carbonyl (C=O) groups is 1. The molecule has 0 atom stereocenters. The second-order valence-electron chi connectivity index (χ2n) is 11.1. The molecule has 0 saturated heterocycles. The number of Topliss-reactive ketones (excluding diaryl/α,β-unsaturated/α-hetero) is 1. The van der Waals surface area contributed by atoms with Crippen molar-refractivity contribution in [1.82, 2.24) is 4.98 Å². The summed E-state index contributed by atoms with van der Waals surface area (Å²) in [7, 11) is 1.68. The Labute approximate surface area is 213 Å². The van der Waals surface area contributed by atoms with E-state index in [4.69, 9.17) is 14.2 Å². The van der Waals surface area contributed by atoms with Gasteiger partial charge in [-0.3, -0.25) is 9.78 Å². The molecule has 0 amide bonds. The van der Waals surface area contributed by atoms with Crippen LogP contribution in [0.15, 0.2) is 48.7 Å². The van der Waals surface area contributed by atoms with Crippen molar-refractivity contribution in [3.8, 4) is 17.0 Å². The Morgan fingerprint density at radius 2 is 1.69 bits per heavy atom. The highest BCUT2D eigenvalue weighted by atomic mass is 16.7. The first-order valence-electron chi connectivity index (χ1n) is 13.3. The Hall–Kier alpha value is -2.76. The maximum atomic E-state index is 11.7. The van der Waals surface area contributed by atoms with Gasteiger partial charge in [0.1, 0.15) is 5.75 Å². The molecule has 0 N–H and O–H groups in total. The number of carbonyl (C=O) groups excluding carboxylic acids is 1. The minimum Gasteiger partial charge on any atom is -0.467 e. The summed E-state index contributed by atoms with van der Waals surface area (Å²) in [6, 6.07) is 14.8. The molecule has 0 aliphatic heterocycles. The number of nitrogens with zero attached hydrogens (tertiary/aromatic N) is 1. The summed E-state index contributed by atoms with van der Waals surface area (Å²) in [5, 5.41) is 2.36. The van der Waals surface area contributed by atoms with Crippen LogP contribution in [-0.4, -0.2) is 37.9 Å². The smallest absolute Gasteiger partial charge is 0.189 e. The Morgan fingerprint density at radius 1 is 0.917 bits per heavy atom. The molecule has 5 nitrogen and oxygen atoms in total. The monoisotopic (exact) mass is 485 g/mol. The molecule has 36 heavy (non-hydrogen) atoms. The van der Waals surface area contributed by atoms with Crippen LogP contribution in [0.1, 0.15) is 60.9 Å². The van der Waals surface area contributed by atoms with Gasteiger partial charge in [0.15, 0.2) is 12.6 Å². The van der Waals surface area contributed by atoms with Gasteiger partial charge in [0.2, 0.25) is 0 Å². The van der Waals surface area contributed by atoms with Gasteiger partial charge in [0.05, 0.1) is 18.9 Å². The first kappa shape index (κ1) is 23.6. The lowest BCUT2D eigenvalue weighted by molar-refractivity contribution is -0.0160. The highest BCUT2D eigenvalue weighted by Crippen LogP contribution is 2.61. The first-order chi connectivity index (χ1) is 17.6. The number of rotatable bonds is 9. The molecule has 0 spiro atoms. The third-order valence-electron chi connectivity index (χ3n) is 8.75. The van der Waals surface area contributed by atoms with Crippen molar-refractivity contribution in [2.75, 3.05) is 27.1 Å². The molecule has 4 aliphatic carbocycles. The fraction of sp³-hybridized carbons (Fsp3) is 0.484. The van der Waals surface area contributed by atoms with E-state index in [1.807, 2.05) is 12.1 Å². The predicted octanol–water partition coefficient (Wildman–Crippen LogP) is 6.64. The summed E-state index contributed by atoms with van der Waals surface area (Å²) >= 11 is 0. The molecule has 2 aromatic carbocycles. The zero-order chi connectivity index (χ0) is 24.6. The molecule has 4 aliphatic rings. The Morgan fingerprint density at radius 3 is 2.36 bits per heavy atom. The Balaban J connectivity index is 1.35. The number of ether oxygens (including phenoxy) is 3. The van der Waals surface area contributed by atoms with Gasteiger partial charge in [-0.05, 0) is 115 Å². The number of hydrogen-bond donors (Lipinski definition) is 0. The molecule has 4 fully saturated rings. The maximum Gasteiger partial charge on any atom is 0.189 e. The van der Waals surface area contributed by atoms with Gasteiger partial charge < -0.3 is 14.2 Å². The summed E-state index contributed by atoms with van der Waals surface area (Å²) in [5.74, 6) is 4.95. The van der Waals surface area contributed by atoms with Gasteiger partial charge >= 0.3 is 0 Å². The number of methoxy groups -OCH3 is 1. The van der Waals surface area contributed by atoms with Crippen molar-refractivity contribution in [2.24, 2.45) is 23.7 Å². The topological polar surface area (TPSA) is 57.7 Å². The molecule has 1 heterocycles. The van der Waals surface area contributed by atoms with Crippen molar-refractivity contribution in [3.63, 3.8) is 0 Å². The van der Waals surface area contributed by atoms with Gasteiger partial charge in [-0.25, -0.2) is 0 Å². The largest absolute Gasteiger partial charge is 0.467 e. The first-order valence-corrected chi connectivity index (χ1v) is 13.3. The number of aromatic nitrogens is 1. The van der Waals surface area contributed by atoms with E-state index in [2.05, 4.69) is 35.3 Å². The van der Waals surface area contributed by atoms with Gasteiger partial charge in [-0.15, -0.1) is 0 Å². The van der Waals surface area contributed by atoms with E-state index in [9.17, 15) is 4.79 Å². The average molecular weight is 486 g/mol. The highest BCUT2D eigenvalue weighted by molar-refractivity contribution is 5.94. The molecule has 1 aromatic heterocycles. The number of benzene rings is 2. The van der Waals surface area contributed by atoms with E-state index in [0.29, 0.717) is 24.7 Å². The molecule has 188 valence electrons. The van der Waals surface area contributed by atoms with E-state index in [1.54, 1.807) is 20.2 Å². The summed E-state index contributed by atoms with van der Waals surface area (Å²) < 4.78 is 17.0. The predicted molar refractivity (Wildman–Crippen MR) is 140 cm³/mol. The van der Waals surface area contributed by atoms with E-state index < -0.39 is 0 Å². The summed E-state index contributed by atoms with van der Waals surface area (Å²) in [6.07, 6.45) is 8.59. The van der Waals surface area contributed by atoms with Crippen LogP contribution in [0.3, 0.4) is 0 Å². The minimum absolute atomic E-state index is 0.0339. The highest BCUT2D eigenvalue weighted by Gasteiger charge is 2.49. The molecular formula is C31H35NO4. The van der Waals surface area contributed by atoms with Crippen LogP contribution in [0.25, 0.3) is 22.0 Å². The normalized spacial score (nSPS) is 26.4. The molecule has 7 rings (SSSR count). The molecule has 0 radical (unpaired) electrons. The third kappa shape index (κ3) is 4.55. The lowest BCUT2D eigenvalue weighted by Gasteiger charge is -2.54. The minimum atomic E-state index is 0.0339. The van der Waals surface area contributed by atoms with Crippen LogP contribution >= 0.6 is 0 Å². The van der Waals surface area contributed by atoms with E-state index >= 15 is 0 Å². The van der Waals surface area contributed by atoms with Crippen molar-refractivity contribution in [3.05, 3.63) is 59.8 Å². The number of pyridine rings is 1. The SMILES string of the molecule is COCCOCOc1cc2ccc(-c3ccc(C(C)=O)cn3)cc2cc1C1C2CC3CC(C2)CC1C3. The lowest BCUT2D eigenvalue weighted by atomic mass is 9.50. The number of ketones is 1. The average Bonchev–Trinajstić information content (AvgIpc) is 2.88. The fourth-order valence-electron chi connectivity index (χ4n) is 7.35. The second kappa shape index (κ2) is 9.95. The lowest BCUT2D eigenvalue weighted by Crippen LogP contribution is -2.43. The quantitative estimate of drug-likeness (QED) is 0.193. The maximum absolute atomic E-state index is 11.7. The van der Waals surface area contributed by atoms with Crippen molar-refractivity contribution < 1.29 is 19.0 Å². The number of hydrogen-bond acceptors (Lipinski definition) is 5. The van der Waals surface area contributed by atoms with Gasteiger partial charge in [-0.2, -0.15) is 0 Å². The van der Waals surface area contributed by atoms with Gasteiger partial charge in [0, 0.05) is 24.4 Å². The molecule has 3 aromatic rings. The van der Waals surface area contributed by atoms with E-state index in [1.165, 1.54) is 43.1 Å². The van der Waals surface area contributed by atoms with Crippen LogP contribution in [-0.2, 0) is 9.47 Å². The van der Waals surface area contributed by atoms with Crippen LogP contribution in [0.4, 0.5) is 0 Å². The molecule has 4 bridgehead atoms. The van der Waals surface area contributed by atoms with Gasteiger partial charge in [-0.1, -0.05) is 12.1 Å². The van der Waals surface area contributed by atoms with E-state index in [0.717, 1.165) is 46.1 Å². The number of fused-ring (bicyclic) bond motifs is 1. The van der Waals surface area contributed by atoms with Crippen LogP contribution in [0.5, 0.6) is 5.75 Å². The van der Waals surface area contributed by atoms with Gasteiger partial charge in [0.25, 0.3) is 0 Å². The van der Waals surface area contributed by atoms with Crippen LogP contribution in [0.2, 0.25) is 0 Å².